The van der Waals surface area contributed by atoms with Crippen molar-refractivity contribution >= 4 is 11.6 Å². The maximum atomic E-state index is 12.4. The number of benzene rings is 1. The maximum Gasteiger partial charge on any atom is 0.346 e. The number of anilines is 1. The van der Waals surface area contributed by atoms with Crippen LogP contribution < -0.4 is 11.0 Å². The van der Waals surface area contributed by atoms with Crippen LogP contribution in [-0.4, -0.2) is 15.9 Å². The van der Waals surface area contributed by atoms with E-state index in [1.807, 2.05) is 32.0 Å². The average molecular weight is 309 g/mol. The van der Waals surface area contributed by atoms with E-state index in [0.29, 0.717) is 17.1 Å². The van der Waals surface area contributed by atoms with Crippen LogP contribution in [-0.2, 0) is 0 Å². The maximum absolute atomic E-state index is 12.4. The van der Waals surface area contributed by atoms with Gasteiger partial charge in [-0.2, -0.15) is 4.98 Å². The first-order valence-electron chi connectivity index (χ1n) is 7.06. The highest BCUT2D eigenvalue weighted by molar-refractivity contribution is 6.03. The molecule has 0 saturated heterocycles. The summed E-state index contributed by atoms with van der Waals surface area (Å²) >= 11 is 0. The summed E-state index contributed by atoms with van der Waals surface area (Å²) in [5, 5.41) is 2.75. The quantitative estimate of drug-likeness (QED) is 0.778. The van der Waals surface area contributed by atoms with Crippen LogP contribution in [0.25, 0.3) is 11.5 Å². The topological polar surface area (TPSA) is 88.0 Å². The predicted molar refractivity (Wildman–Crippen MR) is 86.4 cm³/mol. The molecule has 116 valence electrons. The largest absolute Gasteiger partial charge is 0.463 e. The Balaban J connectivity index is 1.92. The van der Waals surface area contributed by atoms with Gasteiger partial charge in [0.15, 0.2) is 0 Å². The standard InChI is InChI=1S/C17H15N3O3/c1-10-6-11(2)8-12(7-10)18-16(21)14-9-13(19-17(22)20-14)15-4-3-5-23-15/h3-9H,1-2H3,(H,18,21)(H,19,20,22). The monoisotopic (exact) mass is 309 g/mol. The SMILES string of the molecule is Cc1cc(C)cc(NC(=O)c2cc(-c3ccco3)[nH]c(=O)n2)c1. The minimum absolute atomic E-state index is 0.0271. The fourth-order valence-electron chi connectivity index (χ4n) is 2.38. The molecular formula is C17H15N3O3. The molecular weight excluding hydrogens is 294 g/mol. The minimum Gasteiger partial charge on any atom is -0.463 e. The van der Waals surface area contributed by atoms with Crippen LogP contribution in [0.15, 0.2) is 51.9 Å². The van der Waals surface area contributed by atoms with Crippen molar-refractivity contribution < 1.29 is 9.21 Å². The molecule has 1 aromatic carbocycles. The Bertz CT molecular complexity index is 891. The third-order valence-electron chi connectivity index (χ3n) is 3.24. The first kappa shape index (κ1) is 14.8. The number of hydrogen-bond donors (Lipinski definition) is 2. The third kappa shape index (κ3) is 3.37. The van der Waals surface area contributed by atoms with E-state index in [1.165, 1.54) is 12.3 Å². The summed E-state index contributed by atoms with van der Waals surface area (Å²) in [6, 6.07) is 10.6. The van der Waals surface area contributed by atoms with E-state index >= 15 is 0 Å². The van der Waals surface area contributed by atoms with E-state index in [2.05, 4.69) is 15.3 Å². The first-order chi connectivity index (χ1) is 11.0. The van der Waals surface area contributed by atoms with Crippen LogP contribution in [0.5, 0.6) is 0 Å². The zero-order valence-corrected chi connectivity index (χ0v) is 12.7. The highest BCUT2D eigenvalue weighted by Crippen LogP contribution is 2.18. The van der Waals surface area contributed by atoms with Gasteiger partial charge in [0.1, 0.15) is 11.5 Å². The van der Waals surface area contributed by atoms with Gasteiger partial charge in [0.25, 0.3) is 5.91 Å². The Morgan fingerprint density at radius 1 is 1.17 bits per heavy atom. The van der Waals surface area contributed by atoms with Gasteiger partial charge in [-0.05, 0) is 55.3 Å². The number of aromatic nitrogens is 2. The number of amides is 1. The highest BCUT2D eigenvalue weighted by atomic mass is 16.3. The van der Waals surface area contributed by atoms with E-state index in [-0.39, 0.29) is 5.69 Å². The summed E-state index contributed by atoms with van der Waals surface area (Å²) < 4.78 is 5.23. The van der Waals surface area contributed by atoms with Crippen LogP contribution in [0, 0.1) is 13.8 Å². The molecule has 1 amide bonds. The second-order valence-corrected chi connectivity index (χ2v) is 5.29. The number of nitrogens with zero attached hydrogens (tertiary/aromatic N) is 1. The Kier molecular flexibility index (Phi) is 3.80. The molecule has 2 aromatic heterocycles. The molecule has 6 nitrogen and oxygen atoms in total. The van der Waals surface area contributed by atoms with Crippen LogP contribution >= 0.6 is 0 Å². The predicted octanol–water partition coefficient (Wildman–Crippen LogP) is 2.90. The third-order valence-corrected chi connectivity index (χ3v) is 3.24. The Labute approximate surface area is 132 Å². The number of H-pyrrole nitrogens is 1. The molecule has 0 aliphatic carbocycles. The molecule has 3 rings (SSSR count). The van der Waals surface area contributed by atoms with Crippen LogP contribution in [0.4, 0.5) is 5.69 Å². The van der Waals surface area contributed by atoms with Crippen LogP contribution in [0.1, 0.15) is 21.6 Å². The summed E-state index contributed by atoms with van der Waals surface area (Å²) in [6.45, 7) is 3.90. The zero-order valence-electron chi connectivity index (χ0n) is 12.7. The molecule has 0 saturated carbocycles. The van der Waals surface area contributed by atoms with E-state index in [9.17, 15) is 9.59 Å². The van der Waals surface area contributed by atoms with Crippen molar-refractivity contribution in [2.75, 3.05) is 5.32 Å². The van der Waals surface area contributed by atoms with Gasteiger partial charge in [0.05, 0.1) is 12.0 Å². The fraction of sp³-hybridized carbons (Fsp3) is 0.118. The van der Waals surface area contributed by atoms with Crippen molar-refractivity contribution in [2.45, 2.75) is 13.8 Å². The van der Waals surface area contributed by atoms with Crippen molar-refractivity contribution in [3.05, 3.63) is 70.0 Å². The molecule has 0 atom stereocenters. The summed E-state index contributed by atoms with van der Waals surface area (Å²) in [5.74, 6) is 0.0128. The van der Waals surface area contributed by atoms with Crippen LogP contribution in [0.2, 0.25) is 0 Å². The first-order valence-corrected chi connectivity index (χ1v) is 7.06. The molecule has 0 unspecified atom stereocenters. The van der Waals surface area contributed by atoms with Crippen molar-refractivity contribution in [1.82, 2.24) is 9.97 Å². The van der Waals surface area contributed by atoms with Crippen molar-refractivity contribution in [1.29, 1.82) is 0 Å². The molecule has 0 aliphatic rings. The van der Waals surface area contributed by atoms with Gasteiger partial charge in [0.2, 0.25) is 0 Å². The van der Waals surface area contributed by atoms with Gasteiger partial charge in [-0.3, -0.25) is 4.79 Å². The number of rotatable bonds is 3. The van der Waals surface area contributed by atoms with Crippen molar-refractivity contribution in [3.8, 4) is 11.5 Å². The normalized spacial score (nSPS) is 10.5. The number of furan rings is 1. The van der Waals surface area contributed by atoms with Gasteiger partial charge in [-0.15, -0.1) is 0 Å². The second kappa shape index (κ2) is 5.92. The lowest BCUT2D eigenvalue weighted by Crippen LogP contribution is -2.21. The number of hydrogen-bond acceptors (Lipinski definition) is 4. The summed E-state index contributed by atoms with van der Waals surface area (Å²) in [7, 11) is 0. The Morgan fingerprint density at radius 3 is 2.57 bits per heavy atom. The van der Waals surface area contributed by atoms with Gasteiger partial charge in [0, 0.05) is 5.69 Å². The Morgan fingerprint density at radius 2 is 1.91 bits per heavy atom. The number of carbonyl (C=O) groups is 1. The second-order valence-electron chi connectivity index (χ2n) is 5.29. The van der Waals surface area contributed by atoms with Gasteiger partial charge < -0.3 is 14.7 Å². The van der Waals surface area contributed by atoms with Gasteiger partial charge >= 0.3 is 5.69 Å². The minimum atomic E-state index is -0.607. The summed E-state index contributed by atoms with van der Waals surface area (Å²) in [4.78, 5) is 30.3. The van der Waals surface area contributed by atoms with Gasteiger partial charge in [-0.25, -0.2) is 4.79 Å². The number of nitrogens with one attached hydrogen (secondary N) is 2. The highest BCUT2D eigenvalue weighted by Gasteiger charge is 2.13. The molecule has 2 N–H and O–H groups in total. The van der Waals surface area contributed by atoms with E-state index in [0.717, 1.165) is 11.1 Å². The average Bonchev–Trinajstić information content (AvgIpc) is 2.99. The molecule has 3 aromatic rings. The number of aryl methyl sites for hydroxylation is 2. The zero-order chi connectivity index (χ0) is 16.4. The molecule has 0 spiro atoms. The summed E-state index contributed by atoms with van der Waals surface area (Å²) in [6.07, 6.45) is 1.49. The number of carbonyl (C=O) groups excluding carboxylic acids is 1. The fourth-order valence-corrected chi connectivity index (χ4v) is 2.38. The molecule has 0 bridgehead atoms. The van der Waals surface area contributed by atoms with E-state index in [1.54, 1.807) is 12.1 Å². The molecule has 6 heteroatoms. The lowest BCUT2D eigenvalue weighted by atomic mass is 10.1. The lowest BCUT2D eigenvalue weighted by molar-refractivity contribution is 0.102. The molecule has 0 aliphatic heterocycles. The smallest absolute Gasteiger partial charge is 0.346 e. The molecule has 2 heterocycles. The molecule has 23 heavy (non-hydrogen) atoms. The summed E-state index contributed by atoms with van der Waals surface area (Å²) in [5.41, 5.74) is 2.56. The molecule has 0 radical (unpaired) electrons. The van der Waals surface area contributed by atoms with Gasteiger partial charge in [-0.1, -0.05) is 6.07 Å². The van der Waals surface area contributed by atoms with Crippen molar-refractivity contribution in [2.24, 2.45) is 0 Å². The van der Waals surface area contributed by atoms with Crippen molar-refractivity contribution in [3.63, 3.8) is 0 Å². The lowest BCUT2D eigenvalue weighted by Gasteiger charge is -2.07. The Hall–Kier alpha value is -3.15. The molecule has 0 fully saturated rings. The van der Waals surface area contributed by atoms with E-state index in [4.69, 9.17) is 4.42 Å². The van der Waals surface area contributed by atoms with Crippen LogP contribution in [0.3, 0.4) is 0 Å². The number of aromatic amines is 1. The van der Waals surface area contributed by atoms with E-state index < -0.39 is 11.6 Å².